The Kier molecular flexibility index (Phi) is 4.50. The van der Waals surface area contributed by atoms with E-state index in [4.69, 9.17) is 0 Å². The Hall–Kier alpha value is -3.78. The topological polar surface area (TPSA) is 34.1 Å². The molecule has 6 rings (SSSR count). The first-order valence-electron chi connectivity index (χ1n) is 11.9. The van der Waals surface area contributed by atoms with Crippen molar-refractivity contribution in [1.82, 2.24) is 0 Å². The number of hydrogen-bond donors (Lipinski definition) is 0. The molecule has 4 aromatic carbocycles. The predicted molar refractivity (Wildman–Crippen MR) is 136 cm³/mol. The molecule has 0 spiro atoms. The molecule has 0 saturated carbocycles. The van der Waals surface area contributed by atoms with Crippen LogP contribution in [-0.2, 0) is 12.8 Å². The number of ketones is 2. The summed E-state index contributed by atoms with van der Waals surface area (Å²) in [5, 5.41) is 0. The minimum absolute atomic E-state index is 0.0658. The van der Waals surface area contributed by atoms with Gasteiger partial charge in [-0.1, -0.05) is 60.7 Å². The van der Waals surface area contributed by atoms with Gasteiger partial charge in [-0.25, -0.2) is 0 Å². The molecule has 0 saturated heterocycles. The molecule has 0 aromatic heterocycles. The third-order valence-electron chi connectivity index (χ3n) is 7.67. The van der Waals surface area contributed by atoms with Crippen LogP contribution in [0.2, 0.25) is 0 Å². The molecule has 166 valence electrons. The van der Waals surface area contributed by atoms with E-state index < -0.39 is 0 Å². The highest BCUT2D eigenvalue weighted by atomic mass is 16.1. The highest BCUT2D eigenvalue weighted by molar-refractivity contribution is 6.21. The predicted octanol–water partition coefficient (Wildman–Crippen LogP) is 6.86. The van der Waals surface area contributed by atoms with E-state index in [0.29, 0.717) is 0 Å². The Bertz CT molecular complexity index is 1450. The van der Waals surface area contributed by atoms with Crippen LogP contribution in [-0.4, -0.2) is 11.6 Å². The van der Waals surface area contributed by atoms with Crippen LogP contribution in [0.5, 0.6) is 0 Å². The van der Waals surface area contributed by atoms with Crippen molar-refractivity contribution in [2.45, 2.75) is 40.5 Å². The number of rotatable bonds is 1. The van der Waals surface area contributed by atoms with Gasteiger partial charge in [-0.05, 0) is 96.2 Å². The van der Waals surface area contributed by atoms with Crippen molar-refractivity contribution in [2.75, 3.05) is 0 Å². The Balaban J connectivity index is 1.70. The maximum atomic E-state index is 13.9. The molecule has 0 fully saturated rings. The molecule has 34 heavy (non-hydrogen) atoms. The molecular formula is C32H26O2. The fourth-order valence-corrected chi connectivity index (χ4v) is 6.10. The van der Waals surface area contributed by atoms with Crippen LogP contribution in [0.25, 0.3) is 11.1 Å². The van der Waals surface area contributed by atoms with Gasteiger partial charge in [-0.2, -0.15) is 0 Å². The maximum absolute atomic E-state index is 13.9. The average molecular weight is 443 g/mol. The van der Waals surface area contributed by atoms with E-state index in [1.54, 1.807) is 0 Å². The third kappa shape index (κ3) is 2.81. The quantitative estimate of drug-likeness (QED) is 0.279. The summed E-state index contributed by atoms with van der Waals surface area (Å²) in [4.78, 5) is 27.9. The lowest BCUT2D eigenvalue weighted by atomic mass is 9.73. The minimum Gasteiger partial charge on any atom is -0.289 e. The fraction of sp³-hybridized carbons (Fsp3) is 0.188. The second kappa shape index (κ2) is 7.36. The van der Waals surface area contributed by atoms with Crippen molar-refractivity contribution in [1.29, 1.82) is 0 Å². The zero-order valence-corrected chi connectivity index (χ0v) is 20.0. The van der Waals surface area contributed by atoms with E-state index in [-0.39, 0.29) is 11.6 Å². The van der Waals surface area contributed by atoms with Gasteiger partial charge in [0.1, 0.15) is 0 Å². The molecule has 0 aliphatic heterocycles. The summed E-state index contributed by atoms with van der Waals surface area (Å²) < 4.78 is 0. The first-order valence-corrected chi connectivity index (χ1v) is 11.9. The number of aryl methyl sites for hydroxylation is 4. The van der Waals surface area contributed by atoms with E-state index in [2.05, 4.69) is 52.0 Å². The van der Waals surface area contributed by atoms with Crippen LogP contribution in [0, 0.1) is 27.7 Å². The molecule has 2 aliphatic rings. The maximum Gasteiger partial charge on any atom is 0.194 e. The van der Waals surface area contributed by atoms with Gasteiger partial charge in [-0.3, -0.25) is 9.59 Å². The summed E-state index contributed by atoms with van der Waals surface area (Å²) in [5.74, 6) is 0.132. The summed E-state index contributed by atoms with van der Waals surface area (Å²) in [6, 6.07) is 20.2. The monoisotopic (exact) mass is 442 g/mol. The molecule has 0 N–H and O–H groups in total. The molecule has 2 nitrogen and oxygen atoms in total. The average Bonchev–Trinajstić information content (AvgIpc) is 2.82. The van der Waals surface area contributed by atoms with E-state index >= 15 is 0 Å². The highest BCUT2D eigenvalue weighted by Crippen LogP contribution is 2.44. The molecule has 0 amide bonds. The number of hydrogen-bond acceptors (Lipinski definition) is 2. The third-order valence-corrected chi connectivity index (χ3v) is 7.67. The first kappa shape index (κ1) is 20.8. The van der Waals surface area contributed by atoms with Gasteiger partial charge in [0, 0.05) is 22.3 Å². The molecule has 2 aliphatic carbocycles. The van der Waals surface area contributed by atoms with Crippen LogP contribution in [0.15, 0.2) is 60.7 Å². The zero-order chi connectivity index (χ0) is 23.7. The van der Waals surface area contributed by atoms with E-state index in [0.717, 1.165) is 90.7 Å². The second-order valence-electron chi connectivity index (χ2n) is 9.80. The fourth-order valence-electron chi connectivity index (χ4n) is 6.10. The zero-order valence-electron chi connectivity index (χ0n) is 20.0. The molecule has 2 heteroatoms. The Morgan fingerprint density at radius 1 is 0.500 bits per heavy atom. The number of carbonyl (C=O) groups is 2. The van der Waals surface area contributed by atoms with Crippen molar-refractivity contribution < 1.29 is 9.59 Å². The van der Waals surface area contributed by atoms with Gasteiger partial charge >= 0.3 is 0 Å². The highest BCUT2D eigenvalue weighted by Gasteiger charge is 2.34. The molecule has 4 aromatic rings. The molecule has 0 heterocycles. The van der Waals surface area contributed by atoms with Crippen molar-refractivity contribution in [2.24, 2.45) is 0 Å². The molecule has 0 unspecified atom stereocenters. The summed E-state index contributed by atoms with van der Waals surface area (Å²) in [5.41, 5.74) is 13.6. The van der Waals surface area contributed by atoms with Crippen LogP contribution >= 0.6 is 0 Å². The van der Waals surface area contributed by atoms with Crippen molar-refractivity contribution in [3.63, 3.8) is 0 Å². The van der Waals surface area contributed by atoms with Crippen molar-refractivity contribution in [3.05, 3.63) is 127 Å². The van der Waals surface area contributed by atoms with Gasteiger partial charge in [-0.15, -0.1) is 0 Å². The minimum atomic E-state index is 0.0658. The molecule has 0 atom stereocenters. The summed E-state index contributed by atoms with van der Waals surface area (Å²) in [6.07, 6.45) is 1.47. The molecular weight excluding hydrogens is 416 g/mol. The standard InChI is InChI=1S/C32H26O2/c1-17-13-19(3)27(29-25(17)15-21-9-5-7-11-23(21)31(29)33)28-20(4)14-18(2)26-16-22-10-6-8-12-24(22)32(34)30(26)28/h5-14H,15-16H2,1-4H3. The number of carbonyl (C=O) groups excluding carboxylic acids is 2. The SMILES string of the molecule is Cc1cc(C)c(-c2c(C)cc(C)c3c2C(=O)c2ccccc2C3)c2c1Cc1ccccc1C2=O. The van der Waals surface area contributed by atoms with E-state index in [1.807, 2.05) is 36.4 Å². The smallest absolute Gasteiger partial charge is 0.194 e. The Morgan fingerprint density at radius 2 is 0.882 bits per heavy atom. The molecule has 0 radical (unpaired) electrons. The van der Waals surface area contributed by atoms with E-state index in [9.17, 15) is 9.59 Å². The summed E-state index contributed by atoms with van der Waals surface area (Å²) >= 11 is 0. The van der Waals surface area contributed by atoms with Crippen LogP contribution in [0.4, 0.5) is 0 Å². The van der Waals surface area contributed by atoms with Crippen molar-refractivity contribution >= 4 is 11.6 Å². The lowest BCUT2D eigenvalue weighted by molar-refractivity contribution is 0.102. The summed E-state index contributed by atoms with van der Waals surface area (Å²) in [7, 11) is 0. The van der Waals surface area contributed by atoms with Gasteiger partial charge in [0.25, 0.3) is 0 Å². The van der Waals surface area contributed by atoms with E-state index in [1.165, 1.54) is 0 Å². The van der Waals surface area contributed by atoms with Crippen molar-refractivity contribution in [3.8, 4) is 11.1 Å². The lowest BCUT2D eigenvalue weighted by Gasteiger charge is -2.29. The first-order chi connectivity index (χ1) is 16.4. The summed E-state index contributed by atoms with van der Waals surface area (Å²) in [6.45, 7) is 8.33. The Morgan fingerprint density at radius 3 is 1.29 bits per heavy atom. The number of benzene rings is 4. The largest absolute Gasteiger partial charge is 0.289 e. The van der Waals surface area contributed by atoms with Gasteiger partial charge in [0.05, 0.1) is 0 Å². The Labute approximate surface area is 200 Å². The lowest BCUT2D eigenvalue weighted by Crippen LogP contribution is -2.21. The van der Waals surface area contributed by atoms with Crippen LogP contribution < -0.4 is 0 Å². The van der Waals surface area contributed by atoms with Gasteiger partial charge in [0.2, 0.25) is 0 Å². The number of fused-ring (bicyclic) bond motifs is 4. The van der Waals surface area contributed by atoms with Gasteiger partial charge in [0.15, 0.2) is 11.6 Å². The normalized spacial score (nSPS) is 13.8. The van der Waals surface area contributed by atoms with Gasteiger partial charge < -0.3 is 0 Å². The van der Waals surface area contributed by atoms with Crippen LogP contribution in [0.3, 0.4) is 0 Å². The van der Waals surface area contributed by atoms with Crippen LogP contribution in [0.1, 0.15) is 76.4 Å². The second-order valence-corrected chi connectivity index (χ2v) is 9.80. The molecule has 0 bridgehead atoms.